The molecule has 0 aliphatic carbocycles. The molecule has 3 rings (SSSR count). The normalized spacial score (nSPS) is 31.6. The van der Waals surface area contributed by atoms with Crippen LogP contribution in [0.5, 0.6) is 0 Å². The third-order valence-electron chi connectivity index (χ3n) is 4.51. The van der Waals surface area contributed by atoms with E-state index in [0.29, 0.717) is 12.2 Å². The number of thioether (sulfide) groups is 1. The molecule has 0 bridgehead atoms. The zero-order valence-electron chi connectivity index (χ0n) is 11.8. The monoisotopic (exact) mass is 296 g/mol. The number of aliphatic hydroxyl groups excluding tert-OH is 1. The highest BCUT2D eigenvalue weighted by Crippen LogP contribution is 2.44. The Labute approximate surface area is 123 Å². The minimum atomic E-state index is -0.721. The Morgan fingerprint density at radius 2 is 2.35 bits per heavy atom. The second-order valence-electron chi connectivity index (χ2n) is 6.06. The van der Waals surface area contributed by atoms with Crippen LogP contribution in [0.2, 0.25) is 0 Å². The predicted molar refractivity (Wildman–Crippen MR) is 79.4 cm³/mol. The summed E-state index contributed by atoms with van der Waals surface area (Å²) in [6.07, 6.45) is 1.98. The Kier molecular flexibility index (Phi) is 4.07. The van der Waals surface area contributed by atoms with Crippen LogP contribution in [-0.4, -0.2) is 28.8 Å². The molecule has 2 saturated heterocycles. The van der Waals surface area contributed by atoms with Gasteiger partial charge in [-0.1, -0.05) is 17.7 Å². The molecule has 20 heavy (non-hydrogen) atoms. The van der Waals surface area contributed by atoms with Crippen molar-refractivity contribution >= 4 is 11.8 Å². The molecule has 2 aliphatic heterocycles. The standard InChI is InChI=1S/C16H21FO2S/c1-11-2-3-14(17)13(8-11)15(18)12-4-6-19-16(9-12)5-7-20-10-16/h2-3,8,12,15,18H,4-7,9-10H2,1H3. The first kappa shape index (κ1) is 14.4. The zero-order chi connectivity index (χ0) is 14.2. The van der Waals surface area contributed by atoms with Gasteiger partial charge in [0.25, 0.3) is 0 Å². The molecule has 0 saturated carbocycles. The maximum absolute atomic E-state index is 13.9. The van der Waals surface area contributed by atoms with E-state index in [4.69, 9.17) is 4.74 Å². The van der Waals surface area contributed by atoms with Gasteiger partial charge in [-0.2, -0.15) is 11.8 Å². The van der Waals surface area contributed by atoms with Gasteiger partial charge in [0.1, 0.15) is 5.82 Å². The van der Waals surface area contributed by atoms with E-state index in [2.05, 4.69) is 0 Å². The van der Waals surface area contributed by atoms with E-state index in [0.717, 1.165) is 36.3 Å². The minimum absolute atomic E-state index is 0.0745. The summed E-state index contributed by atoms with van der Waals surface area (Å²) in [6, 6.07) is 4.96. The van der Waals surface area contributed by atoms with Gasteiger partial charge in [-0.25, -0.2) is 4.39 Å². The largest absolute Gasteiger partial charge is 0.388 e. The zero-order valence-corrected chi connectivity index (χ0v) is 12.6. The minimum Gasteiger partial charge on any atom is -0.388 e. The summed E-state index contributed by atoms with van der Waals surface area (Å²) in [4.78, 5) is 0. The SMILES string of the molecule is Cc1ccc(F)c(C(O)C2CCOC3(CCSC3)C2)c1. The first-order valence-electron chi connectivity index (χ1n) is 7.25. The van der Waals surface area contributed by atoms with Crippen LogP contribution in [0.15, 0.2) is 18.2 Å². The number of benzene rings is 1. The Balaban J connectivity index is 1.79. The van der Waals surface area contributed by atoms with Crippen LogP contribution in [0.3, 0.4) is 0 Å². The maximum Gasteiger partial charge on any atom is 0.129 e. The highest BCUT2D eigenvalue weighted by atomic mass is 32.2. The molecule has 2 fully saturated rings. The molecule has 1 spiro atoms. The lowest BCUT2D eigenvalue weighted by Crippen LogP contribution is -2.41. The van der Waals surface area contributed by atoms with Crippen molar-refractivity contribution in [3.8, 4) is 0 Å². The molecule has 1 aromatic rings. The Morgan fingerprint density at radius 1 is 1.50 bits per heavy atom. The van der Waals surface area contributed by atoms with Crippen molar-refractivity contribution in [2.24, 2.45) is 5.92 Å². The first-order valence-corrected chi connectivity index (χ1v) is 8.41. The van der Waals surface area contributed by atoms with Crippen LogP contribution in [-0.2, 0) is 4.74 Å². The third-order valence-corrected chi connectivity index (χ3v) is 5.74. The topological polar surface area (TPSA) is 29.5 Å². The number of rotatable bonds is 2. The average Bonchev–Trinajstić information content (AvgIpc) is 2.88. The molecular formula is C16H21FO2S. The lowest BCUT2D eigenvalue weighted by Gasteiger charge is -2.39. The van der Waals surface area contributed by atoms with E-state index in [1.165, 1.54) is 6.07 Å². The van der Waals surface area contributed by atoms with Crippen LogP contribution >= 0.6 is 11.8 Å². The summed E-state index contributed by atoms with van der Waals surface area (Å²) >= 11 is 1.91. The van der Waals surface area contributed by atoms with Gasteiger partial charge in [-0.15, -0.1) is 0 Å². The summed E-state index contributed by atoms with van der Waals surface area (Å²) in [6.45, 7) is 2.60. The average molecular weight is 296 g/mol. The molecule has 0 aromatic heterocycles. The van der Waals surface area contributed by atoms with Crippen molar-refractivity contribution < 1.29 is 14.2 Å². The van der Waals surface area contributed by atoms with Crippen LogP contribution in [0.4, 0.5) is 4.39 Å². The van der Waals surface area contributed by atoms with Crippen molar-refractivity contribution in [2.75, 3.05) is 18.1 Å². The Bertz CT molecular complexity index is 485. The number of hydrogen-bond acceptors (Lipinski definition) is 3. The fraction of sp³-hybridized carbons (Fsp3) is 0.625. The molecule has 2 nitrogen and oxygen atoms in total. The van der Waals surface area contributed by atoms with Crippen molar-refractivity contribution in [1.82, 2.24) is 0 Å². The number of hydrogen-bond donors (Lipinski definition) is 1. The molecule has 2 heterocycles. The smallest absolute Gasteiger partial charge is 0.129 e. The molecular weight excluding hydrogens is 275 g/mol. The number of halogens is 1. The van der Waals surface area contributed by atoms with E-state index in [1.54, 1.807) is 12.1 Å². The molecule has 0 amide bonds. The van der Waals surface area contributed by atoms with Crippen molar-refractivity contribution in [3.63, 3.8) is 0 Å². The first-order chi connectivity index (χ1) is 9.60. The summed E-state index contributed by atoms with van der Waals surface area (Å²) in [5, 5.41) is 10.6. The fourth-order valence-corrected chi connectivity index (χ4v) is 4.72. The van der Waals surface area contributed by atoms with Crippen LogP contribution in [0, 0.1) is 18.7 Å². The quantitative estimate of drug-likeness (QED) is 0.906. The summed E-state index contributed by atoms with van der Waals surface area (Å²) in [5.74, 6) is 1.93. The Hall–Kier alpha value is -0.580. The molecule has 0 radical (unpaired) electrons. The highest BCUT2D eigenvalue weighted by Gasteiger charge is 2.42. The lowest BCUT2D eigenvalue weighted by atomic mass is 9.80. The van der Waals surface area contributed by atoms with E-state index < -0.39 is 6.10 Å². The fourth-order valence-electron chi connectivity index (χ4n) is 3.34. The van der Waals surface area contributed by atoms with E-state index in [1.807, 2.05) is 18.7 Å². The molecule has 4 heteroatoms. The van der Waals surface area contributed by atoms with Crippen molar-refractivity contribution in [2.45, 2.75) is 37.9 Å². The number of ether oxygens (including phenoxy) is 1. The van der Waals surface area contributed by atoms with Gasteiger partial charge in [0.05, 0.1) is 11.7 Å². The van der Waals surface area contributed by atoms with E-state index >= 15 is 0 Å². The van der Waals surface area contributed by atoms with Crippen LogP contribution in [0.1, 0.15) is 36.5 Å². The van der Waals surface area contributed by atoms with Crippen molar-refractivity contribution in [1.29, 1.82) is 0 Å². The molecule has 1 aromatic carbocycles. The lowest BCUT2D eigenvalue weighted by molar-refractivity contribution is -0.102. The summed E-state index contributed by atoms with van der Waals surface area (Å²) in [7, 11) is 0. The predicted octanol–water partition coefficient (Wildman–Crippen LogP) is 3.47. The van der Waals surface area contributed by atoms with Gasteiger partial charge in [-0.3, -0.25) is 0 Å². The van der Waals surface area contributed by atoms with Crippen molar-refractivity contribution in [3.05, 3.63) is 35.1 Å². The van der Waals surface area contributed by atoms with E-state index in [-0.39, 0.29) is 17.3 Å². The van der Waals surface area contributed by atoms with Gasteiger partial charge < -0.3 is 9.84 Å². The molecule has 1 N–H and O–H groups in total. The molecule has 3 atom stereocenters. The van der Waals surface area contributed by atoms with Gasteiger partial charge in [0, 0.05) is 17.9 Å². The molecule has 3 unspecified atom stereocenters. The maximum atomic E-state index is 13.9. The summed E-state index contributed by atoms with van der Waals surface area (Å²) in [5.41, 5.74) is 1.35. The third kappa shape index (κ3) is 2.74. The number of aryl methyl sites for hydroxylation is 1. The van der Waals surface area contributed by atoms with Crippen LogP contribution in [0.25, 0.3) is 0 Å². The molecule has 2 aliphatic rings. The van der Waals surface area contributed by atoms with E-state index in [9.17, 15) is 9.50 Å². The second-order valence-corrected chi connectivity index (χ2v) is 7.16. The van der Waals surface area contributed by atoms with Gasteiger partial charge in [0.15, 0.2) is 0 Å². The van der Waals surface area contributed by atoms with Crippen LogP contribution < -0.4 is 0 Å². The number of aliphatic hydroxyl groups is 1. The van der Waals surface area contributed by atoms with Gasteiger partial charge >= 0.3 is 0 Å². The van der Waals surface area contributed by atoms with Gasteiger partial charge in [0.2, 0.25) is 0 Å². The second kappa shape index (κ2) is 5.66. The Morgan fingerprint density at radius 3 is 3.10 bits per heavy atom. The molecule has 110 valence electrons. The van der Waals surface area contributed by atoms with Gasteiger partial charge in [-0.05, 0) is 43.9 Å². The highest BCUT2D eigenvalue weighted by molar-refractivity contribution is 7.99. The summed E-state index contributed by atoms with van der Waals surface area (Å²) < 4.78 is 19.9.